The van der Waals surface area contributed by atoms with Crippen LogP contribution in [0.5, 0.6) is 11.5 Å². The molecule has 0 aliphatic carbocycles. The molecule has 0 bridgehead atoms. The first-order valence-electron chi connectivity index (χ1n) is 11.5. The summed E-state index contributed by atoms with van der Waals surface area (Å²) in [5.41, 5.74) is 2.71. The molecule has 0 spiro atoms. The number of rotatable bonds is 7. The number of hydrogen-bond acceptors (Lipinski definition) is 5. The molecule has 4 amide bonds. The fraction of sp³-hybridized carbons (Fsp3) is 0.179. The number of benzene rings is 3. The van der Waals surface area contributed by atoms with Crippen LogP contribution in [-0.2, 0) is 16.2 Å². The van der Waals surface area contributed by atoms with E-state index in [1.165, 1.54) is 12.1 Å². The zero-order valence-electron chi connectivity index (χ0n) is 20.4. The lowest BCUT2D eigenvalue weighted by Gasteiger charge is -2.27. The lowest BCUT2D eigenvalue weighted by Crippen LogP contribution is -2.54. The smallest absolute Gasteiger partial charge is 0.335 e. The van der Waals surface area contributed by atoms with Crippen molar-refractivity contribution in [1.29, 1.82) is 0 Å². The monoisotopic (exact) mass is 566 g/mol. The summed E-state index contributed by atoms with van der Waals surface area (Å²) in [6.07, 6.45) is 1.38. The number of imide groups is 2. The van der Waals surface area contributed by atoms with Gasteiger partial charge in [-0.3, -0.25) is 14.9 Å². The third-order valence-electron chi connectivity index (χ3n) is 5.67. The van der Waals surface area contributed by atoms with E-state index in [9.17, 15) is 18.8 Å². The summed E-state index contributed by atoms with van der Waals surface area (Å²) in [5.74, 6) is -1.24. The third-order valence-corrected chi connectivity index (χ3v) is 6.26. The van der Waals surface area contributed by atoms with Gasteiger partial charge in [0.05, 0.1) is 16.8 Å². The van der Waals surface area contributed by atoms with Crippen LogP contribution in [0.25, 0.3) is 6.08 Å². The maximum absolute atomic E-state index is 14.0. The number of carbonyl (C=O) groups is 3. The van der Waals surface area contributed by atoms with Crippen molar-refractivity contribution in [3.63, 3.8) is 0 Å². The second kappa shape index (κ2) is 11.0. The molecule has 190 valence electrons. The lowest BCUT2D eigenvalue weighted by atomic mass is 10.0. The van der Waals surface area contributed by atoms with E-state index < -0.39 is 17.8 Å². The van der Waals surface area contributed by atoms with Crippen LogP contribution in [0, 0.1) is 19.7 Å². The standard InChI is InChI=1S/C28H24BrFN2O5/c1-4-36-24-14-18(13-21(29)25(24)37-15-19-7-5-6-8-22(19)30)12-20-26(33)31-28(35)32(27(20)34)23-10-9-16(2)11-17(23)3/h5-14H,4,15H2,1-3H3,(H,31,33,35)/b20-12+. The van der Waals surface area contributed by atoms with Crippen LogP contribution in [0.1, 0.15) is 29.2 Å². The van der Waals surface area contributed by atoms with Gasteiger partial charge in [-0.15, -0.1) is 0 Å². The van der Waals surface area contributed by atoms with E-state index in [4.69, 9.17) is 9.47 Å². The van der Waals surface area contributed by atoms with E-state index >= 15 is 0 Å². The van der Waals surface area contributed by atoms with Crippen molar-refractivity contribution in [1.82, 2.24) is 5.32 Å². The zero-order valence-corrected chi connectivity index (χ0v) is 22.0. The van der Waals surface area contributed by atoms with Gasteiger partial charge >= 0.3 is 6.03 Å². The Balaban J connectivity index is 1.68. The molecule has 3 aromatic rings. The van der Waals surface area contributed by atoms with Gasteiger partial charge in [0.1, 0.15) is 18.0 Å². The van der Waals surface area contributed by atoms with Crippen molar-refractivity contribution in [2.45, 2.75) is 27.4 Å². The lowest BCUT2D eigenvalue weighted by molar-refractivity contribution is -0.122. The first-order valence-corrected chi connectivity index (χ1v) is 12.3. The van der Waals surface area contributed by atoms with Gasteiger partial charge in [0, 0.05) is 5.56 Å². The molecule has 1 aliphatic rings. The number of carbonyl (C=O) groups excluding carboxylic acids is 3. The largest absolute Gasteiger partial charge is 0.490 e. The summed E-state index contributed by atoms with van der Waals surface area (Å²) in [5, 5.41) is 2.24. The zero-order chi connectivity index (χ0) is 26.7. The van der Waals surface area contributed by atoms with Gasteiger partial charge in [0.25, 0.3) is 11.8 Å². The number of ether oxygens (including phenoxy) is 2. The molecule has 0 saturated carbocycles. The second-order valence-electron chi connectivity index (χ2n) is 8.39. The third kappa shape index (κ3) is 5.56. The number of urea groups is 1. The molecule has 1 saturated heterocycles. The van der Waals surface area contributed by atoms with Gasteiger partial charge < -0.3 is 9.47 Å². The molecule has 7 nitrogen and oxygen atoms in total. The van der Waals surface area contributed by atoms with E-state index in [0.717, 1.165) is 16.0 Å². The number of anilines is 1. The molecule has 1 N–H and O–H groups in total. The highest BCUT2D eigenvalue weighted by Gasteiger charge is 2.37. The Hall–Kier alpha value is -3.98. The fourth-order valence-corrected chi connectivity index (χ4v) is 4.51. The van der Waals surface area contributed by atoms with Gasteiger partial charge in [0.15, 0.2) is 11.5 Å². The Bertz CT molecular complexity index is 1440. The average molecular weight is 567 g/mol. The normalized spacial score (nSPS) is 14.7. The maximum atomic E-state index is 14.0. The SMILES string of the molecule is CCOc1cc(/C=C2\C(=O)NC(=O)N(c3ccc(C)cc3C)C2=O)cc(Br)c1OCc1ccccc1F. The van der Waals surface area contributed by atoms with Crippen LogP contribution in [-0.4, -0.2) is 24.5 Å². The Labute approximate surface area is 222 Å². The van der Waals surface area contributed by atoms with Crippen molar-refractivity contribution in [2.75, 3.05) is 11.5 Å². The first kappa shape index (κ1) is 26.1. The average Bonchev–Trinajstić information content (AvgIpc) is 2.83. The predicted octanol–water partition coefficient (Wildman–Crippen LogP) is 5.85. The van der Waals surface area contributed by atoms with E-state index in [1.807, 2.05) is 13.0 Å². The van der Waals surface area contributed by atoms with Crippen molar-refractivity contribution < 1.29 is 28.2 Å². The minimum Gasteiger partial charge on any atom is -0.490 e. The molecule has 3 aromatic carbocycles. The van der Waals surface area contributed by atoms with E-state index in [0.29, 0.717) is 39.4 Å². The Morgan fingerprint density at radius 1 is 1.03 bits per heavy atom. The molecule has 9 heteroatoms. The molecule has 0 unspecified atom stereocenters. The highest BCUT2D eigenvalue weighted by Crippen LogP contribution is 2.38. The number of amides is 4. The molecular weight excluding hydrogens is 543 g/mol. The summed E-state index contributed by atoms with van der Waals surface area (Å²) in [6.45, 7) is 5.78. The van der Waals surface area contributed by atoms with E-state index in [-0.39, 0.29) is 18.0 Å². The molecule has 0 atom stereocenters. The molecule has 1 fully saturated rings. The summed E-state index contributed by atoms with van der Waals surface area (Å²) < 4.78 is 26.1. The second-order valence-corrected chi connectivity index (χ2v) is 9.25. The van der Waals surface area contributed by atoms with Crippen LogP contribution in [0.15, 0.2) is 64.6 Å². The Morgan fingerprint density at radius 3 is 2.49 bits per heavy atom. The van der Waals surface area contributed by atoms with Crippen LogP contribution < -0.4 is 19.7 Å². The van der Waals surface area contributed by atoms with Crippen LogP contribution in [0.3, 0.4) is 0 Å². The number of hydrogen-bond donors (Lipinski definition) is 1. The molecular formula is C28H24BrFN2O5. The summed E-state index contributed by atoms with van der Waals surface area (Å²) in [7, 11) is 0. The van der Waals surface area contributed by atoms with Crippen LogP contribution >= 0.6 is 15.9 Å². The van der Waals surface area contributed by atoms with Crippen LogP contribution in [0.4, 0.5) is 14.9 Å². The molecule has 1 heterocycles. The van der Waals surface area contributed by atoms with Crippen molar-refractivity contribution in [3.8, 4) is 11.5 Å². The first-order chi connectivity index (χ1) is 17.7. The van der Waals surface area contributed by atoms with Crippen LogP contribution in [0.2, 0.25) is 0 Å². The fourth-order valence-electron chi connectivity index (χ4n) is 3.94. The highest BCUT2D eigenvalue weighted by atomic mass is 79.9. The number of barbiturate groups is 1. The minimum atomic E-state index is -0.813. The maximum Gasteiger partial charge on any atom is 0.335 e. The van der Waals surface area contributed by atoms with Gasteiger partial charge in [-0.25, -0.2) is 14.1 Å². The number of nitrogens with one attached hydrogen (secondary N) is 1. The quantitative estimate of drug-likeness (QED) is 0.286. The number of aryl methyl sites for hydroxylation is 2. The molecule has 0 aromatic heterocycles. The topological polar surface area (TPSA) is 84.9 Å². The van der Waals surface area contributed by atoms with Crippen molar-refractivity contribution >= 4 is 45.5 Å². The Kier molecular flexibility index (Phi) is 7.73. The molecule has 37 heavy (non-hydrogen) atoms. The predicted molar refractivity (Wildman–Crippen MR) is 141 cm³/mol. The van der Waals surface area contributed by atoms with Crippen molar-refractivity contribution in [3.05, 3.63) is 92.7 Å². The van der Waals surface area contributed by atoms with Gasteiger partial charge in [0.2, 0.25) is 0 Å². The van der Waals surface area contributed by atoms with Crippen molar-refractivity contribution in [2.24, 2.45) is 0 Å². The Morgan fingerprint density at radius 2 is 1.78 bits per heavy atom. The van der Waals surface area contributed by atoms with E-state index in [1.54, 1.807) is 56.3 Å². The minimum absolute atomic E-state index is 0.0281. The van der Waals surface area contributed by atoms with Gasteiger partial charge in [-0.1, -0.05) is 35.9 Å². The summed E-state index contributed by atoms with van der Waals surface area (Å²) in [6, 6.07) is 14.0. The number of nitrogens with zero attached hydrogens (tertiary/aromatic N) is 1. The van der Waals surface area contributed by atoms with E-state index in [2.05, 4.69) is 21.2 Å². The van der Waals surface area contributed by atoms with Gasteiger partial charge in [-0.2, -0.15) is 0 Å². The van der Waals surface area contributed by atoms with Gasteiger partial charge in [-0.05, 0) is 78.2 Å². The molecule has 4 rings (SSSR count). The highest BCUT2D eigenvalue weighted by molar-refractivity contribution is 9.10. The summed E-state index contributed by atoms with van der Waals surface area (Å²) >= 11 is 3.45. The summed E-state index contributed by atoms with van der Waals surface area (Å²) in [4.78, 5) is 39.5. The molecule has 0 radical (unpaired) electrons. The molecule has 1 aliphatic heterocycles. The number of halogens is 2.